The number of sulfonamides is 1. The number of aryl methyl sites for hydroxylation is 1. The van der Waals surface area contributed by atoms with Gasteiger partial charge in [-0.1, -0.05) is 49.2 Å². The zero-order valence-corrected chi connectivity index (χ0v) is 19.8. The maximum absolute atomic E-state index is 12.9. The van der Waals surface area contributed by atoms with Crippen molar-refractivity contribution in [1.82, 2.24) is 19.2 Å². The van der Waals surface area contributed by atoms with Gasteiger partial charge in [-0.2, -0.15) is 0 Å². The number of benzene rings is 2. The molecule has 9 nitrogen and oxygen atoms in total. The van der Waals surface area contributed by atoms with E-state index in [1.165, 1.54) is 28.8 Å². The van der Waals surface area contributed by atoms with Gasteiger partial charge in [0.15, 0.2) is 0 Å². The first-order valence-corrected chi connectivity index (χ1v) is 12.3. The Labute approximate surface area is 196 Å². The van der Waals surface area contributed by atoms with Gasteiger partial charge in [0.1, 0.15) is 5.50 Å². The minimum Gasteiger partial charge on any atom is -0.337 e. The van der Waals surface area contributed by atoms with Crippen molar-refractivity contribution in [2.75, 3.05) is 6.54 Å². The highest BCUT2D eigenvalue weighted by atomic mass is 35.5. The Hall–Kier alpha value is -3.11. The molecule has 1 atom stereocenters. The summed E-state index contributed by atoms with van der Waals surface area (Å²) in [6.45, 7) is 2.33. The lowest BCUT2D eigenvalue weighted by Crippen LogP contribution is -2.40. The third-order valence-corrected chi connectivity index (χ3v) is 6.86. The molecule has 11 heteroatoms. The first-order valence-electron chi connectivity index (χ1n) is 10.4. The molecule has 176 valence electrons. The van der Waals surface area contributed by atoms with E-state index < -0.39 is 32.8 Å². The van der Waals surface area contributed by atoms with E-state index in [2.05, 4.69) is 5.32 Å². The van der Waals surface area contributed by atoms with Gasteiger partial charge >= 0.3 is 11.7 Å². The zero-order valence-electron chi connectivity index (χ0n) is 18.2. The third-order valence-electron chi connectivity index (χ3n) is 5.17. The van der Waals surface area contributed by atoms with Gasteiger partial charge in [0.25, 0.3) is 15.6 Å². The summed E-state index contributed by atoms with van der Waals surface area (Å²) < 4.78 is 29.1. The van der Waals surface area contributed by atoms with Crippen LogP contribution in [0.4, 0.5) is 4.79 Å². The number of amides is 2. The smallest absolute Gasteiger partial charge is 0.332 e. The van der Waals surface area contributed by atoms with Crippen LogP contribution in [0.2, 0.25) is 0 Å². The number of fused-ring (bicyclic) bond motifs is 1. The van der Waals surface area contributed by atoms with Gasteiger partial charge in [0.2, 0.25) is 0 Å². The van der Waals surface area contributed by atoms with Crippen molar-refractivity contribution in [2.24, 2.45) is 7.05 Å². The fourth-order valence-electron chi connectivity index (χ4n) is 3.36. The van der Waals surface area contributed by atoms with Crippen molar-refractivity contribution in [3.05, 3.63) is 74.9 Å². The zero-order chi connectivity index (χ0) is 24.2. The van der Waals surface area contributed by atoms with Crippen LogP contribution in [0.25, 0.3) is 10.9 Å². The van der Waals surface area contributed by atoms with Gasteiger partial charge in [-0.05, 0) is 36.2 Å². The first kappa shape index (κ1) is 24.5. The van der Waals surface area contributed by atoms with E-state index in [0.29, 0.717) is 23.0 Å². The summed E-state index contributed by atoms with van der Waals surface area (Å²) in [5, 5.41) is 2.85. The third kappa shape index (κ3) is 5.45. The second-order valence-electron chi connectivity index (χ2n) is 7.53. The van der Waals surface area contributed by atoms with Crippen LogP contribution in [0.1, 0.15) is 30.8 Å². The van der Waals surface area contributed by atoms with E-state index in [1.807, 2.05) is 11.6 Å². The molecule has 0 spiro atoms. The second kappa shape index (κ2) is 10.2. The molecule has 1 unspecified atom stereocenters. The lowest BCUT2D eigenvalue weighted by Gasteiger charge is -2.16. The van der Waals surface area contributed by atoms with Crippen LogP contribution < -0.4 is 21.3 Å². The van der Waals surface area contributed by atoms with Crippen LogP contribution in [0.15, 0.2) is 63.0 Å². The Bertz CT molecular complexity index is 1380. The molecule has 33 heavy (non-hydrogen) atoms. The van der Waals surface area contributed by atoms with E-state index >= 15 is 0 Å². The monoisotopic (exact) mass is 492 g/mol. The summed E-state index contributed by atoms with van der Waals surface area (Å²) in [5.74, 6) is 0. The second-order valence-corrected chi connectivity index (χ2v) is 9.72. The summed E-state index contributed by atoms with van der Waals surface area (Å²) >= 11 is 6.45. The van der Waals surface area contributed by atoms with Gasteiger partial charge in [-0.15, -0.1) is 0 Å². The molecular weight excluding hydrogens is 468 g/mol. The van der Waals surface area contributed by atoms with Gasteiger partial charge < -0.3 is 5.32 Å². The summed E-state index contributed by atoms with van der Waals surface area (Å²) in [4.78, 5) is 37.3. The number of aromatic nitrogens is 2. The SMILES string of the molecule is CCCCNC(=O)NS(=O)(=O)c1ccc(CC(Cl)n2c(=O)c3ccccc3n(C)c2=O)cc1. The molecular formula is C22H25ClN4O5S. The predicted octanol–water partition coefficient (Wildman–Crippen LogP) is 2.47. The number of hydrogen-bond donors (Lipinski definition) is 2. The number of halogens is 1. The summed E-state index contributed by atoms with van der Waals surface area (Å²) in [6.07, 6.45) is 1.72. The maximum Gasteiger partial charge on any atom is 0.332 e. The number of para-hydroxylation sites is 1. The van der Waals surface area contributed by atoms with Crippen molar-refractivity contribution in [3.63, 3.8) is 0 Å². The highest BCUT2D eigenvalue weighted by Crippen LogP contribution is 2.19. The molecule has 0 radical (unpaired) electrons. The average Bonchev–Trinajstić information content (AvgIpc) is 2.78. The predicted molar refractivity (Wildman–Crippen MR) is 127 cm³/mol. The lowest BCUT2D eigenvalue weighted by atomic mass is 10.1. The van der Waals surface area contributed by atoms with E-state index in [9.17, 15) is 22.8 Å². The summed E-state index contributed by atoms with van der Waals surface area (Å²) in [7, 11) is -2.48. The molecule has 2 amide bonds. The summed E-state index contributed by atoms with van der Waals surface area (Å²) in [6, 6.07) is 11.7. The number of nitrogens with zero attached hydrogens (tertiary/aromatic N) is 2. The number of unbranched alkanes of at least 4 members (excludes halogenated alkanes) is 1. The lowest BCUT2D eigenvalue weighted by molar-refractivity contribution is 0.245. The molecule has 2 aromatic carbocycles. The summed E-state index contributed by atoms with van der Waals surface area (Å²) in [5.41, 5.74) is -0.898. The normalized spacial score (nSPS) is 12.5. The largest absolute Gasteiger partial charge is 0.337 e. The minimum atomic E-state index is -4.04. The Morgan fingerprint density at radius 1 is 1.09 bits per heavy atom. The van der Waals surface area contributed by atoms with Gasteiger partial charge in [0.05, 0.1) is 15.8 Å². The average molecular weight is 493 g/mol. The van der Waals surface area contributed by atoms with Crippen molar-refractivity contribution in [1.29, 1.82) is 0 Å². The Morgan fingerprint density at radius 3 is 2.42 bits per heavy atom. The van der Waals surface area contributed by atoms with E-state index in [4.69, 9.17) is 11.6 Å². The fourth-order valence-corrected chi connectivity index (χ4v) is 4.64. The van der Waals surface area contributed by atoms with E-state index in [1.54, 1.807) is 31.3 Å². The van der Waals surface area contributed by atoms with Crippen LogP contribution in [0.3, 0.4) is 0 Å². The highest BCUT2D eigenvalue weighted by Gasteiger charge is 2.20. The Kier molecular flexibility index (Phi) is 7.60. The van der Waals surface area contributed by atoms with Gasteiger partial charge in [0, 0.05) is 20.0 Å². The number of alkyl halides is 1. The van der Waals surface area contributed by atoms with Crippen molar-refractivity contribution in [2.45, 2.75) is 36.6 Å². The molecule has 3 rings (SSSR count). The molecule has 1 aromatic heterocycles. The fraction of sp³-hybridized carbons (Fsp3) is 0.318. The Morgan fingerprint density at radius 2 is 1.76 bits per heavy atom. The molecule has 0 aliphatic rings. The number of urea groups is 1. The van der Waals surface area contributed by atoms with E-state index in [-0.39, 0.29) is 11.3 Å². The Balaban J connectivity index is 1.79. The number of nitrogens with one attached hydrogen (secondary N) is 2. The van der Waals surface area contributed by atoms with E-state index in [0.717, 1.165) is 17.4 Å². The molecule has 0 aliphatic carbocycles. The first-order chi connectivity index (χ1) is 15.7. The molecule has 0 aliphatic heterocycles. The number of carbonyl (C=O) groups is 1. The minimum absolute atomic E-state index is 0.0956. The maximum atomic E-state index is 12.9. The number of hydrogen-bond acceptors (Lipinski definition) is 5. The quantitative estimate of drug-likeness (QED) is 0.370. The van der Waals surface area contributed by atoms with Crippen molar-refractivity contribution in [3.8, 4) is 0 Å². The van der Waals surface area contributed by atoms with Gasteiger partial charge in [-0.25, -0.2) is 27.3 Å². The van der Waals surface area contributed by atoms with Crippen LogP contribution in [-0.2, 0) is 23.5 Å². The molecule has 1 heterocycles. The highest BCUT2D eigenvalue weighted by molar-refractivity contribution is 7.90. The molecule has 0 saturated carbocycles. The number of carbonyl (C=O) groups excluding carboxylic acids is 1. The van der Waals surface area contributed by atoms with Crippen LogP contribution >= 0.6 is 11.6 Å². The van der Waals surface area contributed by atoms with Crippen molar-refractivity contribution >= 4 is 38.6 Å². The van der Waals surface area contributed by atoms with Gasteiger partial charge in [-0.3, -0.25) is 9.36 Å². The topological polar surface area (TPSA) is 119 Å². The van der Waals surface area contributed by atoms with Crippen molar-refractivity contribution < 1.29 is 13.2 Å². The molecule has 0 saturated heterocycles. The molecule has 2 N–H and O–H groups in total. The molecule has 0 fully saturated rings. The number of rotatable bonds is 8. The standard InChI is InChI=1S/C22H25ClN4O5S/c1-3-4-13-24-21(29)25-33(31,32)16-11-9-15(10-12-16)14-19(23)27-20(28)17-7-5-6-8-18(17)26(2)22(27)30/h5-12,19H,3-4,13-14H2,1-2H3,(H2,24,25,29). The van der Waals surface area contributed by atoms with Crippen LogP contribution in [0, 0.1) is 0 Å². The van der Waals surface area contributed by atoms with Crippen LogP contribution in [0.5, 0.6) is 0 Å². The molecule has 3 aromatic rings. The molecule has 0 bridgehead atoms. The van der Waals surface area contributed by atoms with Crippen LogP contribution in [-0.4, -0.2) is 30.1 Å².